The Hall–Kier alpha value is -0.740. The molecule has 0 amide bonds. The van der Waals surface area contributed by atoms with Crippen molar-refractivity contribution in [3.8, 4) is 0 Å². The van der Waals surface area contributed by atoms with E-state index in [9.17, 15) is 0 Å². The molecule has 0 fully saturated rings. The normalized spacial score (nSPS) is 12.7. The summed E-state index contributed by atoms with van der Waals surface area (Å²) in [4.78, 5) is 0. The number of nitrogens with one attached hydrogen (secondary N) is 1. The van der Waals surface area contributed by atoms with E-state index in [2.05, 4.69) is 10.4 Å². The summed E-state index contributed by atoms with van der Waals surface area (Å²) in [6.07, 6.45) is 2.44. The number of aromatic nitrogens is 2. The Kier molecular flexibility index (Phi) is 5.33. The highest BCUT2D eigenvalue weighted by Gasteiger charge is 2.19. The van der Waals surface area contributed by atoms with Crippen molar-refractivity contribution in [3.05, 3.63) is 50.7 Å². The van der Waals surface area contributed by atoms with Gasteiger partial charge in [-0.1, -0.05) is 40.9 Å². The summed E-state index contributed by atoms with van der Waals surface area (Å²) in [5.74, 6) is 0. The summed E-state index contributed by atoms with van der Waals surface area (Å²) in [5, 5.41) is 9.35. The maximum Gasteiger partial charge on any atom is 0.0834 e. The summed E-state index contributed by atoms with van der Waals surface area (Å²) in [7, 11) is 1.91. The van der Waals surface area contributed by atoms with Crippen LogP contribution in [0.25, 0.3) is 0 Å². The van der Waals surface area contributed by atoms with E-state index in [-0.39, 0.29) is 6.04 Å². The minimum atomic E-state index is 0.0715. The molecule has 1 atom stereocenters. The van der Waals surface area contributed by atoms with Crippen molar-refractivity contribution in [3.63, 3.8) is 0 Å². The molecule has 2 aromatic rings. The average Bonchev–Trinajstić information content (AvgIpc) is 2.81. The van der Waals surface area contributed by atoms with Gasteiger partial charge in [0.25, 0.3) is 0 Å². The molecule has 0 saturated carbocycles. The zero-order chi connectivity index (χ0) is 14.7. The van der Waals surface area contributed by atoms with Gasteiger partial charge in [-0.2, -0.15) is 5.10 Å². The standard InChI is InChI=1S/C14H16Cl3N3/c1-3-20-14(12(17)8-19-20)13(18-2)7-9-4-5-10(15)11(16)6-9/h4-6,8,13,18H,3,7H2,1-2H3. The van der Waals surface area contributed by atoms with Crippen LogP contribution in [0.15, 0.2) is 24.4 Å². The summed E-state index contributed by atoms with van der Waals surface area (Å²) in [6, 6.07) is 5.74. The summed E-state index contributed by atoms with van der Waals surface area (Å²) < 4.78 is 1.90. The first-order chi connectivity index (χ1) is 9.56. The van der Waals surface area contributed by atoms with Gasteiger partial charge < -0.3 is 5.32 Å². The van der Waals surface area contributed by atoms with Gasteiger partial charge in [-0.3, -0.25) is 4.68 Å². The Labute approximate surface area is 133 Å². The van der Waals surface area contributed by atoms with E-state index in [4.69, 9.17) is 34.8 Å². The molecule has 1 aromatic heterocycles. The highest BCUT2D eigenvalue weighted by atomic mass is 35.5. The molecule has 108 valence electrons. The third kappa shape index (κ3) is 3.29. The molecule has 6 heteroatoms. The second-order valence-electron chi connectivity index (χ2n) is 4.49. The smallest absolute Gasteiger partial charge is 0.0834 e. The van der Waals surface area contributed by atoms with Crippen LogP contribution in [-0.4, -0.2) is 16.8 Å². The van der Waals surface area contributed by atoms with E-state index in [1.165, 1.54) is 0 Å². The third-order valence-corrected chi connectivity index (χ3v) is 4.27. The van der Waals surface area contributed by atoms with Gasteiger partial charge >= 0.3 is 0 Å². The zero-order valence-corrected chi connectivity index (χ0v) is 13.6. The van der Waals surface area contributed by atoms with Gasteiger partial charge in [0.1, 0.15) is 0 Å². The summed E-state index contributed by atoms with van der Waals surface area (Å²) in [6.45, 7) is 2.82. The molecule has 1 heterocycles. The molecule has 1 aromatic carbocycles. The number of likely N-dealkylation sites (N-methyl/N-ethyl adjacent to an activating group) is 1. The van der Waals surface area contributed by atoms with Crippen molar-refractivity contribution in [1.82, 2.24) is 15.1 Å². The summed E-state index contributed by atoms with van der Waals surface area (Å²) in [5.41, 5.74) is 2.08. The lowest BCUT2D eigenvalue weighted by Gasteiger charge is -2.18. The molecule has 0 aliphatic carbocycles. The van der Waals surface area contributed by atoms with Crippen molar-refractivity contribution < 1.29 is 0 Å². The average molecular weight is 333 g/mol. The van der Waals surface area contributed by atoms with Gasteiger partial charge in [0, 0.05) is 6.54 Å². The first-order valence-corrected chi connectivity index (χ1v) is 7.52. The summed E-state index contributed by atoms with van der Waals surface area (Å²) >= 11 is 18.2. The number of hydrogen-bond acceptors (Lipinski definition) is 2. The lowest BCUT2D eigenvalue weighted by Crippen LogP contribution is -2.22. The van der Waals surface area contributed by atoms with Gasteiger partial charge in [0.15, 0.2) is 0 Å². The highest BCUT2D eigenvalue weighted by Crippen LogP contribution is 2.28. The quantitative estimate of drug-likeness (QED) is 0.881. The number of hydrogen-bond donors (Lipinski definition) is 1. The predicted octanol–water partition coefficient (Wildman–Crippen LogP) is 4.37. The number of rotatable bonds is 5. The SMILES string of the molecule is CCn1ncc(Cl)c1C(Cc1ccc(Cl)c(Cl)c1)NC. The maximum atomic E-state index is 6.25. The second kappa shape index (κ2) is 6.81. The van der Waals surface area contributed by atoms with Crippen LogP contribution >= 0.6 is 34.8 Å². The molecule has 0 bridgehead atoms. The van der Waals surface area contributed by atoms with Crippen molar-refractivity contribution in [2.24, 2.45) is 0 Å². The molecular weight excluding hydrogens is 317 g/mol. The van der Waals surface area contributed by atoms with Gasteiger partial charge in [-0.05, 0) is 38.1 Å². The molecule has 0 saturated heterocycles. The molecule has 1 N–H and O–H groups in total. The van der Waals surface area contributed by atoms with E-state index in [0.29, 0.717) is 15.1 Å². The van der Waals surface area contributed by atoms with Crippen LogP contribution in [0.3, 0.4) is 0 Å². The van der Waals surface area contributed by atoms with Crippen molar-refractivity contribution in [2.45, 2.75) is 25.9 Å². The largest absolute Gasteiger partial charge is 0.311 e. The first-order valence-electron chi connectivity index (χ1n) is 6.39. The van der Waals surface area contributed by atoms with Crippen LogP contribution in [0.1, 0.15) is 24.2 Å². The molecule has 0 aliphatic heterocycles. The third-order valence-electron chi connectivity index (χ3n) is 3.24. The Morgan fingerprint density at radius 3 is 2.55 bits per heavy atom. The topological polar surface area (TPSA) is 29.9 Å². The fourth-order valence-corrected chi connectivity index (χ4v) is 2.80. The minimum Gasteiger partial charge on any atom is -0.311 e. The Morgan fingerprint density at radius 1 is 1.20 bits per heavy atom. The van der Waals surface area contributed by atoms with Gasteiger partial charge in [-0.25, -0.2) is 0 Å². The van der Waals surface area contributed by atoms with Crippen molar-refractivity contribution in [2.75, 3.05) is 7.05 Å². The van der Waals surface area contributed by atoms with E-state index in [0.717, 1.165) is 24.2 Å². The van der Waals surface area contributed by atoms with Crippen LogP contribution in [0.4, 0.5) is 0 Å². The van der Waals surface area contributed by atoms with Crippen LogP contribution in [-0.2, 0) is 13.0 Å². The molecule has 20 heavy (non-hydrogen) atoms. The number of benzene rings is 1. The highest BCUT2D eigenvalue weighted by molar-refractivity contribution is 6.42. The van der Waals surface area contributed by atoms with Crippen LogP contribution in [0, 0.1) is 0 Å². The van der Waals surface area contributed by atoms with Crippen LogP contribution in [0.5, 0.6) is 0 Å². The van der Waals surface area contributed by atoms with Crippen LogP contribution in [0.2, 0.25) is 15.1 Å². The Bertz CT molecular complexity index is 595. The zero-order valence-electron chi connectivity index (χ0n) is 11.3. The number of halogens is 3. The monoisotopic (exact) mass is 331 g/mol. The van der Waals surface area contributed by atoms with E-state index in [1.807, 2.05) is 36.9 Å². The number of nitrogens with zero attached hydrogens (tertiary/aromatic N) is 2. The Balaban J connectivity index is 2.28. The van der Waals surface area contributed by atoms with E-state index < -0.39 is 0 Å². The number of aryl methyl sites for hydroxylation is 1. The maximum absolute atomic E-state index is 6.25. The molecule has 3 nitrogen and oxygen atoms in total. The molecule has 0 radical (unpaired) electrons. The Morgan fingerprint density at radius 2 is 1.95 bits per heavy atom. The minimum absolute atomic E-state index is 0.0715. The van der Waals surface area contributed by atoms with Crippen molar-refractivity contribution in [1.29, 1.82) is 0 Å². The lowest BCUT2D eigenvalue weighted by atomic mass is 10.0. The molecule has 0 spiro atoms. The molecule has 1 unspecified atom stereocenters. The van der Waals surface area contributed by atoms with Gasteiger partial charge in [-0.15, -0.1) is 0 Å². The first kappa shape index (κ1) is 15.6. The van der Waals surface area contributed by atoms with Gasteiger partial charge in [0.2, 0.25) is 0 Å². The molecule has 2 rings (SSSR count). The van der Waals surface area contributed by atoms with E-state index >= 15 is 0 Å². The fourth-order valence-electron chi connectivity index (χ4n) is 2.21. The fraction of sp³-hybridized carbons (Fsp3) is 0.357. The van der Waals surface area contributed by atoms with Gasteiger partial charge in [0.05, 0.1) is 33.0 Å². The second-order valence-corrected chi connectivity index (χ2v) is 5.71. The van der Waals surface area contributed by atoms with E-state index in [1.54, 1.807) is 6.20 Å². The lowest BCUT2D eigenvalue weighted by molar-refractivity contribution is 0.513. The molecular formula is C14H16Cl3N3. The van der Waals surface area contributed by atoms with Crippen LogP contribution < -0.4 is 5.32 Å². The predicted molar refractivity (Wildman–Crippen MR) is 84.9 cm³/mol. The molecule has 0 aliphatic rings. The van der Waals surface area contributed by atoms with Crippen molar-refractivity contribution >= 4 is 34.8 Å².